The quantitative estimate of drug-likeness (QED) is 0.831. The minimum absolute atomic E-state index is 0.216. The van der Waals surface area contributed by atoms with E-state index in [-0.39, 0.29) is 5.78 Å². The van der Waals surface area contributed by atoms with Crippen LogP contribution in [0.15, 0.2) is 18.2 Å². The van der Waals surface area contributed by atoms with E-state index in [0.29, 0.717) is 12.6 Å². The fourth-order valence-corrected chi connectivity index (χ4v) is 4.33. The molecule has 0 radical (unpaired) electrons. The second-order valence-electron chi connectivity index (χ2n) is 7.23. The summed E-state index contributed by atoms with van der Waals surface area (Å²) < 4.78 is 0. The predicted octanol–water partition coefficient (Wildman–Crippen LogP) is 3.90. The maximum atomic E-state index is 12.3. The standard InChI is InChI=1S/C19H27NO/c1-12-4-6-17(8-13(12)2)19(21)11-20-14(3)18-10-15-5-7-16(18)9-15/h4,6,8,14-16,18,20H,5,7,9-11H2,1-3H3. The average Bonchev–Trinajstić information content (AvgIpc) is 3.10. The first-order valence-corrected chi connectivity index (χ1v) is 8.38. The van der Waals surface area contributed by atoms with E-state index in [2.05, 4.69) is 26.1 Å². The van der Waals surface area contributed by atoms with Crippen molar-refractivity contribution < 1.29 is 4.79 Å². The molecule has 4 atom stereocenters. The lowest BCUT2D eigenvalue weighted by molar-refractivity contribution is 0.0981. The first kappa shape index (κ1) is 14.8. The van der Waals surface area contributed by atoms with Crippen LogP contribution in [0.4, 0.5) is 0 Å². The number of benzene rings is 1. The zero-order chi connectivity index (χ0) is 15.0. The molecular formula is C19H27NO. The maximum Gasteiger partial charge on any atom is 0.176 e. The summed E-state index contributed by atoms with van der Waals surface area (Å²) in [5.74, 6) is 2.89. The molecule has 2 aliphatic rings. The second kappa shape index (κ2) is 5.92. The van der Waals surface area contributed by atoms with E-state index < -0.39 is 0 Å². The number of fused-ring (bicyclic) bond motifs is 2. The van der Waals surface area contributed by atoms with E-state index in [4.69, 9.17) is 0 Å². The van der Waals surface area contributed by atoms with E-state index in [0.717, 1.165) is 23.3 Å². The number of hydrogen-bond donors (Lipinski definition) is 1. The van der Waals surface area contributed by atoms with Gasteiger partial charge in [-0.05, 0) is 75.0 Å². The van der Waals surface area contributed by atoms with Crippen LogP contribution in [-0.4, -0.2) is 18.4 Å². The van der Waals surface area contributed by atoms with Crippen LogP contribution in [0.2, 0.25) is 0 Å². The van der Waals surface area contributed by atoms with Crippen molar-refractivity contribution in [3.8, 4) is 0 Å². The van der Waals surface area contributed by atoms with Gasteiger partial charge >= 0.3 is 0 Å². The van der Waals surface area contributed by atoms with Crippen molar-refractivity contribution in [2.24, 2.45) is 17.8 Å². The van der Waals surface area contributed by atoms with Gasteiger partial charge in [0.05, 0.1) is 6.54 Å². The summed E-state index contributed by atoms with van der Waals surface area (Å²) in [6, 6.07) is 6.48. The Hall–Kier alpha value is -1.15. The van der Waals surface area contributed by atoms with Crippen LogP contribution >= 0.6 is 0 Å². The molecule has 0 spiro atoms. The Bertz CT molecular complexity index is 536. The largest absolute Gasteiger partial charge is 0.307 e. The third-order valence-electron chi connectivity index (χ3n) is 5.85. The molecule has 2 aliphatic carbocycles. The molecule has 2 nitrogen and oxygen atoms in total. The Labute approximate surface area is 128 Å². The smallest absolute Gasteiger partial charge is 0.176 e. The average molecular weight is 285 g/mol. The molecule has 4 unspecified atom stereocenters. The summed E-state index contributed by atoms with van der Waals surface area (Å²) in [6.45, 7) is 6.88. The van der Waals surface area contributed by atoms with Gasteiger partial charge in [-0.3, -0.25) is 4.79 Å². The number of hydrogen-bond acceptors (Lipinski definition) is 2. The molecular weight excluding hydrogens is 258 g/mol. The molecule has 2 saturated carbocycles. The highest BCUT2D eigenvalue weighted by Gasteiger charge is 2.41. The number of rotatable bonds is 5. The number of Topliss-reactive ketones (excluding diaryl/α,β-unsaturated/α-hetero) is 1. The van der Waals surface area contributed by atoms with Gasteiger partial charge in [0.1, 0.15) is 0 Å². The molecule has 1 aromatic carbocycles. The third-order valence-corrected chi connectivity index (χ3v) is 5.85. The van der Waals surface area contributed by atoms with Gasteiger partial charge in [0.15, 0.2) is 5.78 Å². The molecule has 0 aromatic heterocycles. The van der Waals surface area contributed by atoms with E-state index in [9.17, 15) is 4.79 Å². The van der Waals surface area contributed by atoms with Crippen LogP contribution in [0.3, 0.4) is 0 Å². The Morgan fingerprint density at radius 3 is 2.67 bits per heavy atom. The SMILES string of the molecule is Cc1ccc(C(=O)CNC(C)C2CC3CCC2C3)cc1C. The van der Waals surface area contributed by atoms with Crippen LogP contribution in [-0.2, 0) is 0 Å². The topological polar surface area (TPSA) is 29.1 Å². The summed E-state index contributed by atoms with van der Waals surface area (Å²) in [6.07, 6.45) is 5.65. The summed E-state index contributed by atoms with van der Waals surface area (Å²) in [5, 5.41) is 3.49. The van der Waals surface area contributed by atoms with Gasteiger partial charge in [0.25, 0.3) is 0 Å². The van der Waals surface area contributed by atoms with Crippen molar-refractivity contribution in [1.29, 1.82) is 0 Å². The number of nitrogens with one attached hydrogen (secondary N) is 1. The molecule has 21 heavy (non-hydrogen) atoms. The molecule has 2 heteroatoms. The monoisotopic (exact) mass is 285 g/mol. The molecule has 1 aromatic rings. The zero-order valence-electron chi connectivity index (χ0n) is 13.5. The van der Waals surface area contributed by atoms with Crippen molar-refractivity contribution in [1.82, 2.24) is 5.32 Å². The van der Waals surface area contributed by atoms with Crippen molar-refractivity contribution in [2.45, 2.75) is 52.5 Å². The van der Waals surface area contributed by atoms with Gasteiger partial charge in [0, 0.05) is 11.6 Å². The highest BCUT2D eigenvalue weighted by atomic mass is 16.1. The molecule has 0 amide bonds. The summed E-state index contributed by atoms with van der Waals surface area (Å²) >= 11 is 0. The van der Waals surface area contributed by atoms with E-state index in [1.807, 2.05) is 18.2 Å². The Morgan fingerprint density at radius 1 is 1.24 bits per heavy atom. The Balaban J connectivity index is 1.54. The zero-order valence-corrected chi connectivity index (χ0v) is 13.5. The summed E-state index contributed by atoms with van der Waals surface area (Å²) in [5.41, 5.74) is 3.28. The van der Waals surface area contributed by atoms with Crippen LogP contribution in [0.5, 0.6) is 0 Å². The van der Waals surface area contributed by atoms with Gasteiger partial charge in [-0.2, -0.15) is 0 Å². The molecule has 1 N–H and O–H groups in total. The fourth-order valence-electron chi connectivity index (χ4n) is 4.33. The lowest BCUT2D eigenvalue weighted by atomic mass is 9.84. The normalized spacial score (nSPS) is 28.8. The molecule has 2 fully saturated rings. The lowest BCUT2D eigenvalue weighted by Crippen LogP contribution is -2.39. The van der Waals surface area contributed by atoms with Gasteiger partial charge in [-0.25, -0.2) is 0 Å². The summed E-state index contributed by atoms with van der Waals surface area (Å²) in [7, 11) is 0. The number of aryl methyl sites for hydroxylation is 2. The Morgan fingerprint density at radius 2 is 2.05 bits per heavy atom. The number of carbonyl (C=O) groups is 1. The first-order chi connectivity index (χ1) is 10.0. The van der Waals surface area contributed by atoms with E-state index in [1.165, 1.54) is 36.8 Å². The minimum Gasteiger partial charge on any atom is -0.307 e. The number of carbonyl (C=O) groups excluding carboxylic acids is 1. The van der Waals surface area contributed by atoms with Crippen molar-refractivity contribution in [3.63, 3.8) is 0 Å². The maximum absolute atomic E-state index is 12.3. The molecule has 0 heterocycles. The molecule has 2 bridgehead atoms. The minimum atomic E-state index is 0.216. The molecule has 3 rings (SSSR count). The first-order valence-electron chi connectivity index (χ1n) is 8.38. The lowest BCUT2D eigenvalue weighted by Gasteiger charge is -2.28. The second-order valence-corrected chi connectivity index (χ2v) is 7.23. The van der Waals surface area contributed by atoms with Crippen LogP contribution in [0.1, 0.15) is 54.1 Å². The van der Waals surface area contributed by atoms with Crippen molar-refractivity contribution in [2.75, 3.05) is 6.54 Å². The molecule has 0 aliphatic heterocycles. The van der Waals surface area contributed by atoms with E-state index in [1.54, 1.807) is 0 Å². The highest BCUT2D eigenvalue weighted by Crippen LogP contribution is 2.49. The summed E-state index contributed by atoms with van der Waals surface area (Å²) in [4.78, 5) is 12.3. The Kier molecular flexibility index (Phi) is 4.17. The van der Waals surface area contributed by atoms with Gasteiger partial charge in [0.2, 0.25) is 0 Å². The van der Waals surface area contributed by atoms with E-state index >= 15 is 0 Å². The van der Waals surface area contributed by atoms with Crippen LogP contribution in [0.25, 0.3) is 0 Å². The van der Waals surface area contributed by atoms with Gasteiger partial charge in [-0.1, -0.05) is 18.6 Å². The fraction of sp³-hybridized carbons (Fsp3) is 0.632. The van der Waals surface area contributed by atoms with Gasteiger partial charge < -0.3 is 5.32 Å². The molecule has 0 saturated heterocycles. The predicted molar refractivity (Wildman–Crippen MR) is 86.6 cm³/mol. The van der Waals surface area contributed by atoms with Gasteiger partial charge in [-0.15, -0.1) is 0 Å². The number of ketones is 1. The third kappa shape index (κ3) is 3.06. The van der Waals surface area contributed by atoms with Crippen molar-refractivity contribution >= 4 is 5.78 Å². The van der Waals surface area contributed by atoms with Crippen LogP contribution < -0.4 is 5.32 Å². The highest BCUT2D eigenvalue weighted by molar-refractivity contribution is 5.97. The van der Waals surface area contributed by atoms with Crippen LogP contribution in [0, 0.1) is 31.6 Å². The molecule has 114 valence electrons. The van der Waals surface area contributed by atoms with Crippen molar-refractivity contribution in [3.05, 3.63) is 34.9 Å².